The number of nitrogens with zero attached hydrogens (tertiary/aromatic N) is 2. The zero-order valence-corrected chi connectivity index (χ0v) is 20.7. The first-order valence-electron chi connectivity index (χ1n) is 12.4. The summed E-state index contributed by atoms with van der Waals surface area (Å²) >= 11 is 0. The molecule has 0 fully saturated rings. The van der Waals surface area contributed by atoms with Crippen LogP contribution < -0.4 is 9.64 Å². The largest absolute Gasteiger partial charge is 0.485 e. The first kappa shape index (κ1) is 21.5. The molecule has 4 heterocycles. The molecule has 5 heteroatoms. The van der Waals surface area contributed by atoms with Gasteiger partial charge in [0.1, 0.15) is 18.4 Å². The minimum absolute atomic E-state index is 0.0130. The summed E-state index contributed by atoms with van der Waals surface area (Å²) in [6.07, 6.45) is 4.23. The van der Waals surface area contributed by atoms with Crippen molar-refractivity contribution in [3.8, 4) is 5.75 Å². The second-order valence-corrected chi connectivity index (χ2v) is 11.5. The number of carbonyl (C=O) groups is 1. The molecule has 0 amide bonds. The minimum atomic E-state index is -0.798. The Morgan fingerprint density at radius 1 is 1.18 bits per heavy atom. The molecule has 1 N–H and O–H groups in total. The molecule has 0 bridgehead atoms. The third kappa shape index (κ3) is 2.98. The average molecular weight is 458 g/mol. The lowest BCUT2D eigenvalue weighted by molar-refractivity contribution is -0.444. The molecule has 1 atom stereocenters. The van der Waals surface area contributed by atoms with E-state index in [-0.39, 0.29) is 23.5 Å². The van der Waals surface area contributed by atoms with E-state index < -0.39 is 5.97 Å². The van der Waals surface area contributed by atoms with Crippen LogP contribution in [-0.2, 0) is 15.6 Å². The molecule has 4 aliphatic heterocycles. The van der Waals surface area contributed by atoms with Crippen LogP contribution in [0.4, 0.5) is 11.4 Å². The van der Waals surface area contributed by atoms with Crippen LogP contribution in [0.1, 0.15) is 62.8 Å². The fourth-order valence-corrected chi connectivity index (χ4v) is 6.48. The van der Waals surface area contributed by atoms with Crippen molar-refractivity contribution in [2.45, 2.75) is 64.4 Å². The van der Waals surface area contributed by atoms with E-state index in [1.807, 2.05) is 4.90 Å². The third-order valence-electron chi connectivity index (χ3n) is 8.32. The van der Waals surface area contributed by atoms with Crippen molar-refractivity contribution in [2.75, 3.05) is 24.5 Å². The summed E-state index contributed by atoms with van der Waals surface area (Å²) in [5.41, 5.74) is 9.88. The van der Waals surface area contributed by atoms with E-state index in [2.05, 4.69) is 75.6 Å². The van der Waals surface area contributed by atoms with Gasteiger partial charge in [-0.2, -0.15) is 4.58 Å². The molecule has 2 aromatic carbocycles. The van der Waals surface area contributed by atoms with Gasteiger partial charge in [0.05, 0.1) is 11.0 Å². The molecule has 1 unspecified atom stereocenters. The van der Waals surface area contributed by atoms with Crippen LogP contribution in [0.15, 0.2) is 35.9 Å². The van der Waals surface area contributed by atoms with Gasteiger partial charge in [0, 0.05) is 41.9 Å². The summed E-state index contributed by atoms with van der Waals surface area (Å²) in [4.78, 5) is 13.5. The van der Waals surface area contributed by atoms with Gasteiger partial charge in [-0.1, -0.05) is 25.5 Å². The van der Waals surface area contributed by atoms with Crippen LogP contribution in [0.25, 0.3) is 6.08 Å². The molecule has 4 aliphatic rings. The highest BCUT2D eigenvalue weighted by Crippen LogP contribution is 2.49. The second kappa shape index (κ2) is 6.97. The number of hydrogen-bond acceptors (Lipinski definition) is 3. The SMILES string of the molecule is Cc1ccc2c(c1)C(C)(C)C1=[N+]2CCC2Oc3cc4c(cc3C=C12)C(C)(C)CCN4CC(=O)O. The number of rotatable bonds is 2. The first-order valence-corrected chi connectivity index (χ1v) is 12.4. The maximum atomic E-state index is 11.5. The second-order valence-electron chi connectivity index (χ2n) is 11.5. The first-order chi connectivity index (χ1) is 16.1. The number of anilines is 1. The smallest absolute Gasteiger partial charge is 0.323 e. The van der Waals surface area contributed by atoms with Crippen LogP contribution in [-0.4, -0.2) is 47.1 Å². The molecular formula is C29H33N2O3+. The zero-order chi connectivity index (χ0) is 24.0. The highest BCUT2D eigenvalue weighted by Gasteiger charge is 2.52. The lowest BCUT2D eigenvalue weighted by atomic mass is 9.74. The molecular weight excluding hydrogens is 424 g/mol. The van der Waals surface area contributed by atoms with Gasteiger partial charge >= 0.3 is 5.97 Å². The number of carboxylic acids is 1. The van der Waals surface area contributed by atoms with E-state index in [0.29, 0.717) is 0 Å². The van der Waals surface area contributed by atoms with Crippen LogP contribution >= 0.6 is 0 Å². The Bertz CT molecular complexity index is 1310. The highest BCUT2D eigenvalue weighted by atomic mass is 16.5. The van der Waals surface area contributed by atoms with Gasteiger partial charge in [-0.3, -0.25) is 4.79 Å². The van der Waals surface area contributed by atoms with Crippen LogP contribution in [0.2, 0.25) is 0 Å². The summed E-state index contributed by atoms with van der Waals surface area (Å²) in [7, 11) is 0. The van der Waals surface area contributed by atoms with E-state index in [1.54, 1.807) is 0 Å². The minimum Gasteiger partial charge on any atom is -0.485 e. The Balaban J connectivity index is 1.49. The van der Waals surface area contributed by atoms with Gasteiger partial charge < -0.3 is 14.7 Å². The lowest BCUT2D eigenvalue weighted by Gasteiger charge is -2.41. The Labute approximate surface area is 201 Å². The lowest BCUT2D eigenvalue weighted by Crippen LogP contribution is -2.43. The molecule has 0 saturated heterocycles. The van der Waals surface area contributed by atoms with E-state index in [0.717, 1.165) is 42.9 Å². The normalized spacial score (nSPS) is 23.1. The van der Waals surface area contributed by atoms with E-state index in [4.69, 9.17) is 4.74 Å². The van der Waals surface area contributed by atoms with Crippen molar-refractivity contribution in [3.63, 3.8) is 0 Å². The van der Waals surface area contributed by atoms with E-state index in [1.165, 1.54) is 33.7 Å². The number of ether oxygens (including phenoxy) is 1. The van der Waals surface area contributed by atoms with Gasteiger partial charge in [-0.05, 0) is 56.4 Å². The Morgan fingerprint density at radius 3 is 2.74 bits per heavy atom. The number of hydrogen-bond donors (Lipinski definition) is 1. The highest BCUT2D eigenvalue weighted by molar-refractivity contribution is 6.11. The van der Waals surface area contributed by atoms with Crippen molar-refractivity contribution in [1.29, 1.82) is 0 Å². The van der Waals surface area contributed by atoms with Crippen molar-refractivity contribution in [2.24, 2.45) is 0 Å². The number of aryl methyl sites for hydroxylation is 1. The predicted octanol–water partition coefficient (Wildman–Crippen LogP) is 5.19. The number of benzene rings is 2. The van der Waals surface area contributed by atoms with Gasteiger partial charge in [0.15, 0.2) is 12.3 Å². The summed E-state index contributed by atoms with van der Waals surface area (Å²) in [6.45, 7) is 13.0. The van der Waals surface area contributed by atoms with Crippen molar-refractivity contribution >= 4 is 29.1 Å². The van der Waals surface area contributed by atoms with Crippen molar-refractivity contribution < 1.29 is 19.2 Å². The predicted molar refractivity (Wildman–Crippen MR) is 135 cm³/mol. The number of fused-ring (bicyclic) bond motifs is 6. The van der Waals surface area contributed by atoms with Gasteiger partial charge in [0.2, 0.25) is 5.69 Å². The molecule has 34 heavy (non-hydrogen) atoms. The monoisotopic (exact) mass is 457 g/mol. The Hall–Kier alpha value is -3.08. The molecule has 0 saturated carbocycles. The van der Waals surface area contributed by atoms with Crippen LogP contribution in [0.5, 0.6) is 5.75 Å². The molecule has 6 rings (SSSR count). The van der Waals surface area contributed by atoms with E-state index in [9.17, 15) is 9.90 Å². The molecule has 5 nitrogen and oxygen atoms in total. The summed E-state index contributed by atoms with van der Waals surface area (Å²) in [5, 5.41) is 9.45. The quantitative estimate of drug-likeness (QED) is 0.631. The van der Waals surface area contributed by atoms with Gasteiger partial charge in [0.25, 0.3) is 0 Å². The molecule has 2 aromatic rings. The maximum Gasteiger partial charge on any atom is 0.323 e. The number of aliphatic carboxylic acids is 1. The third-order valence-corrected chi connectivity index (χ3v) is 8.32. The number of carboxylic acid groups (broad SMARTS) is 1. The summed E-state index contributed by atoms with van der Waals surface area (Å²) < 4.78 is 9.16. The molecule has 176 valence electrons. The summed E-state index contributed by atoms with van der Waals surface area (Å²) in [6, 6.07) is 11.2. The fraction of sp³-hybridized carbons (Fsp3) is 0.448. The Kier molecular flexibility index (Phi) is 4.40. The molecule has 0 aromatic heterocycles. The fourth-order valence-electron chi connectivity index (χ4n) is 6.48. The summed E-state index contributed by atoms with van der Waals surface area (Å²) in [5.74, 6) is 0.0762. The van der Waals surface area contributed by atoms with Crippen LogP contribution in [0.3, 0.4) is 0 Å². The molecule has 0 spiro atoms. The molecule has 0 aliphatic carbocycles. The van der Waals surface area contributed by atoms with Gasteiger partial charge in [-0.25, -0.2) is 0 Å². The average Bonchev–Trinajstić information content (AvgIpc) is 3.00. The van der Waals surface area contributed by atoms with Crippen molar-refractivity contribution in [1.82, 2.24) is 0 Å². The standard InChI is InChI=1S/C29H32N2O3/c1-17-6-7-22-21(12-17)29(4,5)27-19-13-18-14-20-23(15-25(18)34-24(19)8-10-31(22)27)30(16-26(32)33)11-9-28(20,2)3/h6-7,12-15,24H,8-11,16H2,1-5H3/p+1. The van der Waals surface area contributed by atoms with E-state index >= 15 is 0 Å². The topological polar surface area (TPSA) is 52.8 Å². The zero-order valence-electron chi connectivity index (χ0n) is 20.7. The van der Waals surface area contributed by atoms with Crippen LogP contribution in [0, 0.1) is 6.92 Å². The van der Waals surface area contributed by atoms with Crippen molar-refractivity contribution in [3.05, 3.63) is 58.2 Å². The van der Waals surface area contributed by atoms with Gasteiger partial charge in [-0.15, -0.1) is 0 Å². The maximum absolute atomic E-state index is 11.5. The molecule has 0 radical (unpaired) electrons. The Morgan fingerprint density at radius 2 is 1.97 bits per heavy atom.